The number of rotatable bonds is 6. The number of ether oxygens (including phenoxy) is 1. The molecule has 2 N–H and O–H groups in total. The van der Waals surface area contributed by atoms with E-state index in [-0.39, 0.29) is 5.82 Å². The fourth-order valence-corrected chi connectivity index (χ4v) is 2.57. The van der Waals surface area contributed by atoms with Crippen molar-refractivity contribution in [2.75, 3.05) is 26.2 Å². The van der Waals surface area contributed by atoms with Gasteiger partial charge >= 0.3 is 0 Å². The van der Waals surface area contributed by atoms with Crippen LogP contribution >= 0.6 is 0 Å². The molecular formula is C15H23FN2O. The van der Waals surface area contributed by atoms with E-state index in [0.29, 0.717) is 19.2 Å². The second kappa shape index (κ2) is 7.46. The molecule has 106 valence electrons. The van der Waals surface area contributed by atoms with Crippen LogP contribution in [0.2, 0.25) is 0 Å². The van der Waals surface area contributed by atoms with Crippen LogP contribution in [0.5, 0.6) is 5.75 Å². The monoisotopic (exact) mass is 266 g/mol. The van der Waals surface area contributed by atoms with Gasteiger partial charge in [-0.25, -0.2) is 4.39 Å². The molecule has 0 aromatic heterocycles. The Morgan fingerprint density at radius 3 is 2.47 bits per heavy atom. The first-order chi connectivity index (χ1) is 9.29. The first-order valence-corrected chi connectivity index (χ1v) is 7.12. The van der Waals surface area contributed by atoms with Crippen LogP contribution in [0.25, 0.3) is 0 Å². The quantitative estimate of drug-likeness (QED) is 0.859. The number of hydrogen-bond donors (Lipinski definition) is 1. The third-order valence-corrected chi connectivity index (χ3v) is 3.66. The van der Waals surface area contributed by atoms with Gasteiger partial charge in [-0.1, -0.05) is 6.42 Å². The first-order valence-electron chi connectivity index (χ1n) is 7.12. The number of nitrogens with two attached hydrogens (primary N) is 1. The van der Waals surface area contributed by atoms with Gasteiger partial charge in [-0.05, 0) is 63.2 Å². The minimum Gasteiger partial charge on any atom is -0.492 e. The largest absolute Gasteiger partial charge is 0.492 e. The Kier molecular flexibility index (Phi) is 5.61. The summed E-state index contributed by atoms with van der Waals surface area (Å²) >= 11 is 0. The van der Waals surface area contributed by atoms with Crippen LogP contribution in [0.4, 0.5) is 4.39 Å². The minimum absolute atomic E-state index is 0.234. The summed E-state index contributed by atoms with van der Waals surface area (Å²) in [4.78, 5) is 2.47. The van der Waals surface area contributed by atoms with Crippen LogP contribution in [-0.2, 0) is 0 Å². The highest BCUT2D eigenvalue weighted by atomic mass is 19.1. The maximum absolute atomic E-state index is 12.8. The lowest BCUT2D eigenvalue weighted by atomic mass is 10.1. The Hall–Kier alpha value is -1.13. The Balaban J connectivity index is 1.87. The van der Waals surface area contributed by atoms with Crippen molar-refractivity contribution in [2.45, 2.75) is 31.7 Å². The lowest BCUT2D eigenvalue weighted by Gasteiger charge is -2.34. The maximum Gasteiger partial charge on any atom is 0.123 e. The number of likely N-dealkylation sites (tertiary alicyclic amines) is 1. The van der Waals surface area contributed by atoms with E-state index < -0.39 is 0 Å². The first kappa shape index (κ1) is 14.3. The van der Waals surface area contributed by atoms with Crippen molar-refractivity contribution in [1.29, 1.82) is 0 Å². The van der Waals surface area contributed by atoms with Crippen molar-refractivity contribution in [1.82, 2.24) is 4.90 Å². The molecular weight excluding hydrogens is 243 g/mol. The SMILES string of the molecule is NCCC(COc1ccc(F)cc1)N1CCCCC1. The molecule has 4 heteroatoms. The van der Waals surface area contributed by atoms with Gasteiger partial charge < -0.3 is 10.5 Å². The van der Waals surface area contributed by atoms with Gasteiger partial charge in [0, 0.05) is 6.04 Å². The number of nitrogens with zero attached hydrogens (tertiary/aromatic N) is 1. The molecule has 1 saturated heterocycles. The minimum atomic E-state index is -0.234. The average molecular weight is 266 g/mol. The average Bonchev–Trinajstić information content (AvgIpc) is 2.46. The Labute approximate surface area is 114 Å². The molecule has 1 aromatic rings. The second-order valence-corrected chi connectivity index (χ2v) is 5.09. The van der Waals surface area contributed by atoms with E-state index in [2.05, 4.69) is 4.90 Å². The molecule has 2 rings (SSSR count). The maximum atomic E-state index is 12.8. The Morgan fingerprint density at radius 1 is 1.16 bits per heavy atom. The van der Waals surface area contributed by atoms with Crippen LogP contribution in [0, 0.1) is 5.82 Å². The number of benzene rings is 1. The molecule has 1 aromatic carbocycles. The van der Waals surface area contributed by atoms with Gasteiger partial charge in [-0.15, -0.1) is 0 Å². The summed E-state index contributed by atoms with van der Waals surface area (Å²) in [6.07, 6.45) is 4.79. The summed E-state index contributed by atoms with van der Waals surface area (Å²) in [5.74, 6) is 0.488. The molecule has 0 radical (unpaired) electrons. The van der Waals surface area contributed by atoms with Gasteiger partial charge in [0.1, 0.15) is 18.2 Å². The lowest BCUT2D eigenvalue weighted by molar-refractivity contribution is 0.109. The normalized spacial score (nSPS) is 18.2. The van der Waals surface area contributed by atoms with Gasteiger partial charge in [0.2, 0.25) is 0 Å². The van der Waals surface area contributed by atoms with Crippen LogP contribution in [0.1, 0.15) is 25.7 Å². The van der Waals surface area contributed by atoms with Crippen molar-refractivity contribution in [3.63, 3.8) is 0 Å². The lowest BCUT2D eigenvalue weighted by Crippen LogP contribution is -2.43. The molecule has 0 aliphatic carbocycles. The van der Waals surface area contributed by atoms with Gasteiger partial charge in [-0.2, -0.15) is 0 Å². The molecule has 0 amide bonds. The highest BCUT2D eigenvalue weighted by Gasteiger charge is 2.20. The summed E-state index contributed by atoms with van der Waals surface area (Å²) < 4.78 is 18.6. The van der Waals surface area contributed by atoms with Crippen molar-refractivity contribution in [3.8, 4) is 5.75 Å². The molecule has 1 aliphatic rings. The van der Waals surface area contributed by atoms with Gasteiger partial charge in [-0.3, -0.25) is 4.90 Å². The Morgan fingerprint density at radius 2 is 1.84 bits per heavy atom. The summed E-state index contributed by atoms with van der Waals surface area (Å²) in [7, 11) is 0. The van der Waals surface area contributed by atoms with E-state index >= 15 is 0 Å². The fourth-order valence-electron chi connectivity index (χ4n) is 2.57. The summed E-state index contributed by atoms with van der Waals surface area (Å²) in [5.41, 5.74) is 5.69. The highest BCUT2D eigenvalue weighted by Crippen LogP contribution is 2.17. The van der Waals surface area contributed by atoms with E-state index in [1.165, 1.54) is 31.4 Å². The third-order valence-electron chi connectivity index (χ3n) is 3.66. The molecule has 0 spiro atoms. The predicted molar refractivity (Wildman–Crippen MR) is 74.8 cm³/mol. The Bertz CT molecular complexity index is 363. The van der Waals surface area contributed by atoms with Crippen molar-refractivity contribution in [2.24, 2.45) is 5.73 Å². The van der Waals surface area contributed by atoms with Crippen molar-refractivity contribution >= 4 is 0 Å². The topological polar surface area (TPSA) is 38.5 Å². The molecule has 1 atom stereocenters. The van der Waals surface area contributed by atoms with Crippen molar-refractivity contribution < 1.29 is 9.13 Å². The van der Waals surface area contributed by atoms with E-state index in [1.54, 1.807) is 12.1 Å². The molecule has 1 heterocycles. The standard InChI is InChI=1S/C15H23FN2O/c16-13-4-6-15(7-5-13)19-12-14(8-9-17)18-10-2-1-3-11-18/h4-7,14H,1-3,8-12,17H2. The zero-order chi connectivity index (χ0) is 13.5. The number of piperidine rings is 1. The van der Waals surface area contributed by atoms with E-state index in [9.17, 15) is 4.39 Å². The van der Waals surface area contributed by atoms with Crippen LogP contribution in [-0.4, -0.2) is 37.2 Å². The van der Waals surface area contributed by atoms with Gasteiger partial charge in [0.05, 0.1) is 0 Å². The van der Waals surface area contributed by atoms with Crippen LogP contribution in [0.15, 0.2) is 24.3 Å². The van der Waals surface area contributed by atoms with E-state index in [4.69, 9.17) is 10.5 Å². The molecule has 0 saturated carbocycles. The fraction of sp³-hybridized carbons (Fsp3) is 0.600. The second-order valence-electron chi connectivity index (χ2n) is 5.09. The summed E-state index contributed by atoms with van der Waals surface area (Å²) in [6.45, 7) is 3.58. The summed E-state index contributed by atoms with van der Waals surface area (Å²) in [6, 6.07) is 6.56. The van der Waals surface area contributed by atoms with Crippen molar-refractivity contribution in [3.05, 3.63) is 30.1 Å². The number of halogens is 1. The van der Waals surface area contributed by atoms with E-state index in [1.807, 2.05) is 0 Å². The number of hydrogen-bond acceptors (Lipinski definition) is 3. The molecule has 1 fully saturated rings. The van der Waals surface area contributed by atoms with E-state index in [0.717, 1.165) is 25.3 Å². The molecule has 1 aliphatic heterocycles. The molecule has 3 nitrogen and oxygen atoms in total. The van der Waals surface area contributed by atoms with Crippen LogP contribution in [0.3, 0.4) is 0 Å². The summed E-state index contributed by atoms with van der Waals surface area (Å²) in [5, 5.41) is 0. The third kappa shape index (κ3) is 4.48. The zero-order valence-electron chi connectivity index (χ0n) is 11.4. The zero-order valence-corrected chi connectivity index (χ0v) is 11.4. The smallest absolute Gasteiger partial charge is 0.123 e. The highest BCUT2D eigenvalue weighted by molar-refractivity contribution is 5.22. The molecule has 19 heavy (non-hydrogen) atoms. The molecule has 0 bridgehead atoms. The van der Waals surface area contributed by atoms with Crippen LogP contribution < -0.4 is 10.5 Å². The van der Waals surface area contributed by atoms with Gasteiger partial charge in [0.25, 0.3) is 0 Å². The molecule has 1 unspecified atom stereocenters. The predicted octanol–water partition coefficient (Wildman–Crippen LogP) is 2.41. The van der Waals surface area contributed by atoms with Gasteiger partial charge in [0.15, 0.2) is 0 Å².